The van der Waals surface area contributed by atoms with Crippen LogP contribution in [-0.4, -0.2) is 11.5 Å². The Balaban J connectivity index is 2.37. The summed E-state index contributed by atoms with van der Waals surface area (Å²) in [7, 11) is 0. The molecule has 0 radical (unpaired) electrons. The predicted octanol–water partition coefficient (Wildman–Crippen LogP) is 3.48. The van der Waals surface area contributed by atoms with E-state index < -0.39 is 11.6 Å². The lowest BCUT2D eigenvalue weighted by atomic mass is 9.96. The molecule has 0 aliphatic rings. The number of nitrogens with two attached hydrogens (primary N) is 1. The van der Waals surface area contributed by atoms with Crippen LogP contribution >= 0.6 is 0 Å². The molecule has 0 saturated heterocycles. The molecule has 19 heavy (non-hydrogen) atoms. The van der Waals surface area contributed by atoms with Gasteiger partial charge in [-0.3, -0.25) is 4.98 Å². The van der Waals surface area contributed by atoms with Gasteiger partial charge < -0.3 is 5.73 Å². The molecule has 0 bridgehead atoms. The number of nitrogens with zero attached hydrogens (tertiary/aromatic N) is 1. The Morgan fingerprint density at radius 3 is 2.37 bits per heavy atom. The van der Waals surface area contributed by atoms with Gasteiger partial charge in [0.1, 0.15) is 11.6 Å². The normalized spacial score (nSPS) is 12.4. The van der Waals surface area contributed by atoms with Crippen molar-refractivity contribution in [2.75, 3.05) is 6.54 Å². The third-order valence-corrected chi connectivity index (χ3v) is 3.12. The second-order valence-electron chi connectivity index (χ2n) is 4.64. The average Bonchev–Trinajstić information content (AvgIpc) is 2.38. The Bertz CT molecular complexity index is 550. The van der Waals surface area contributed by atoms with Crippen LogP contribution in [0.1, 0.15) is 24.8 Å². The van der Waals surface area contributed by atoms with Crippen molar-refractivity contribution in [1.82, 2.24) is 4.98 Å². The lowest BCUT2D eigenvalue weighted by Gasteiger charge is -2.11. The van der Waals surface area contributed by atoms with Crippen molar-refractivity contribution in [2.45, 2.75) is 19.3 Å². The number of rotatable bonds is 4. The highest BCUT2D eigenvalue weighted by Gasteiger charge is 2.08. The van der Waals surface area contributed by atoms with Gasteiger partial charge in [0.15, 0.2) is 0 Å². The summed E-state index contributed by atoms with van der Waals surface area (Å²) in [5.74, 6) is -0.901. The highest BCUT2D eigenvalue weighted by molar-refractivity contribution is 5.63. The average molecular weight is 262 g/mol. The Labute approximate surface area is 111 Å². The fraction of sp³-hybridized carbons (Fsp3) is 0.267. The van der Waals surface area contributed by atoms with Gasteiger partial charge in [-0.1, -0.05) is 6.92 Å². The molecule has 100 valence electrons. The Hall–Kier alpha value is -1.81. The quantitative estimate of drug-likeness (QED) is 0.916. The Morgan fingerprint density at radius 1 is 1.05 bits per heavy atom. The van der Waals surface area contributed by atoms with Crippen molar-refractivity contribution in [3.8, 4) is 11.1 Å². The summed E-state index contributed by atoms with van der Waals surface area (Å²) in [6, 6.07) is 5.37. The zero-order valence-electron chi connectivity index (χ0n) is 10.7. The molecule has 0 fully saturated rings. The largest absolute Gasteiger partial charge is 0.330 e. The highest BCUT2D eigenvalue weighted by Crippen LogP contribution is 2.25. The van der Waals surface area contributed by atoms with E-state index in [0.29, 0.717) is 17.7 Å². The molecule has 2 rings (SSSR count). The van der Waals surface area contributed by atoms with Crippen LogP contribution in [-0.2, 0) is 0 Å². The monoisotopic (exact) mass is 262 g/mol. The SMILES string of the molecule is CC(CCN)c1cncc(-c2cc(F)cc(F)c2)c1. The molecule has 0 spiro atoms. The van der Waals surface area contributed by atoms with E-state index in [2.05, 4.69) is 11.9 Å². The highest BCUT2D eigenvalue weighted by atomic mass is 19.1. The lowest BCUT2D eigenvalue weighted by molar-refractivity contribution is 0.584. The van der Waals surface area contributed by atoms with Crippen LogP contribution in [0, 0.1) is 11.6 Å². The van der Waals surface area contributed by atoms with E-state index in [1.165, 1.54) is 12.1 Å². The van der Waals surface area contributed by atoms with Crippen LogP contribution in [0.15, 0.2) is 36.7 Å². The molecule has 0 saturated carbocycles. The van der Waals surface area contributed by atoms with Crippen LogP contribution in [0.2, 0.25) is 0 Å². The van der Waals surface area contributed by atoms with Gasteiger partial charge in [-0.2, -0.15) is 0 Å². The van der Waals surface area contributed by atoms with Gasteiger partial charge in [-0.15, -0.1) is 0 Å². The summed E-state index contributed by atoms with van der Waals surface area (Å²) < 4.78 is 26.4. The summed E-state index contributed by atoms with van der Waals surface area (Å²) in [4.78, 5) is 4.14. The first-order valence-corrected chi connectivity index (χ1v) is 6.21. The van der Waals surface area contributed by atoms with Gasteiger partial charge in [0.25, 0.3) is 0 Å². The first-order chi connectivity index (χ1) is 9.10. The van der Waals surface area contributed by atoms with Crippen LogP contribution < -0.4 is 5.73 Å². The van der Waals surface area contributed by atoms with Gasteiger partial charge in [0.2, 0.25) is 0 Å². The number of benzene rings is 1. The van der Waals surface area contributed by atoms with E-state index in [1.54, 1.807) is 12.4 Å². The summed E-state index contributed by atoms with van der Waals surface area (Å²) >= 11 is 0. The molecule has 1 heterocycles. The third-order valence-electron chi connectivity index (χ3n) is 3.12. The molecule has 2 N–H and O–H groups in total. The van der Waals surface area contributed by atoms with E-state index >= 15 is 0 Å². The standard InChI is InChI=1S/C15H16F2N2/c1-10(2-3-18)12-4-13(9-19-8-12)11-5-14(16)7-15(17)6-11/h4-10H,2-3,18H2,1H3. The minimum Gasteiger partial charge on any atom is -0.330 e. The van der Waals surface area contributed by atoms with Crippen LogP contribution in [0.4, 0.5) is 8.78 Å². The minimum atomic E-state index is -0.588. The van der Waals surface area contributed by atoms with Crippen LogP contribution in [0.25, 0.3) is 11.1 Å². The second-order valence-corrected chi connectivity index (χ2v) is 4.64. The van der Waals surface area contributed by atoms with E-state index in [9.17, 15) is 8.78 Å². The molecule has 2 nitrogen and oxygen atoms in total. The molecule has 0 amide bonds. The molecule has 1 atom stereocenters. The van der Waals surface area contributed by atoms with Crippen molar-refractivity contribution in [1.29, 1.82) is 0 Å². The van der Waals surface area contributed by atoms with E-state index in [1.807, 2.05) is 6.07 Å². The van der Waals surface area contributed by atoms with Crippen LogP contribution in [0.3, 0.4) is 0 Å². The number of hydrogen-bond acceptors (Lipinski definition) is 2. The number of halogens is 2. The maximum atomic E-state index is 13.2. The molecule has 1 unspecified atom stereocenters. The first-order valence-electron chi connectivity index (χ1n) is 6.21. The zero-order valence-corrected chi connectivity index (χ0v) is 10.7. The van der Waals surface area contributed by atoms with E-state index in [-0.39, 0.29) is 5.92 Å². The molecular weight excluding hydrogens is 246 g/mol. The van der Waals surface area contributed by atoms with Crippen molar-refractivity contribution >= 4 is 0 Å². The third kappa shape index (κ3) is 3.35. The van der Waals surface area contributed by atoms with Crippen molar-refractivity contribution < 1.29 is 8.78 Å². The van der Waals surface area contributed by atoms with Gasteiger partial charge in [-0.05, 0) is 48.2 Å². The molecule has 2 aromatic rings. The molecule has 0 aliphatic carbocycles. The van der Waals surface area contributed by atoms with E-state index in [4.69, 9.17) is 5.73 Å². The molecule has 4 heteroatoms. The van der Waals surface area contributed by atoms with Crippen molar-refractivity contribution in [3.63, 3.8) is 0 Å². The van der Waals surface area contributed by atoms with Crippen LogP contribution in [0.5, 0.6) is 0 Å². The Morgan fingerprint density at radius 2 is 1.74 bits per heavy atom. The van der Waals surface area contributed by atoms with Crippen molar-refractivity contribution in [2.24, 2.45) is 5.73 Å². The predicted molar refractivity (Wildman–Crippen MR) is 71.7 cm³/mol. The van der Waals surface area contributed by atoms with Gasteiger partial charge in [-0.25, -0.2) is 8.78 Å². The second kappa shape index (κ2) is 5.89. The van der Waals surface area contributed by atoms with E-state index in [0.717, 1.165) is 18.1 Å². The molecule has 1 aromatic heterocycles. The fourth-order valence-electron chi connectivity index (χ4n) is 2.02. The molecular formula is C15H16F2N2. The lowest BCUT2D eigenvalue weighted by Crippen LogP contribution is -2.05. The molecule has 0 aliphatic heterocycles. The summed E-state index contributed by atoms with van der Waals surface area (Å²) in [5, 5.41) is 0. The number of hydrogen-bond donors (Lipinski definition) is 1. The molecule has 1 aromatic carbocycles. The Kier molecular flexibility index (Phi) is 4.22. The maximum Gasteiger partial charge on any atom is 0.126 e. The minimum absolute atomic E-state index is 0.274. The fourth-order valence-corrected chi connectivity index (χ4v) is 2.02. The maximum absolute atomic E-state index is 13.2. The number of pyridine rings is 1. The van der Waals surface area contributed by atoms with Gasteiger partial charge in [0.05, 0.1) is 0 Å². The summed E-state index contributed by atoms with van der Waals surface area (Å²) in [5.41, 5.74) is 7.76. The van der Waals surface area contributed by atoms with Crippen molar-refractivity contribution in [3.05, 3.63) is 53.9 Å². The zero-order chi connectivity index (χ0) is 13.8. The van der Waals surface area contributed by atoms with Gasteiger partial charge >= 0.3 is 0 Å². The smallest absolute Gasteiger partial charge is 0.126 e. The van der Waals surface area contributed by atoms with Gasteiger partial charge in [0, 0.05) is 24.0 Å². The summed E-state index contributed by atoms with van der Waals surface area (Å²) in [6.45, 7) is 2.65. The topological polar surface area (TPSA) is 38.9 Å². The first kappa shape index (κ1) is 13.6. The number of aromatic nitrogens is 1. The summed E-state index contributed by atoms with van der Waals surface area (Å²) in [6.07, 6.45) is 4.22.